The highest BCUT2D eigenvalue weighted by atomic mass is 16.5. The third-order valence-corrected chi connectivity index (χ3v) is 3.30. The number of anilines is 1. The van der Waals surface area contributed by atoms with Crippen molar-refractivity contribution in [2.24, 2.45) is 0 Å². The molecule has 0 saturated heterocycles. The molecule has 6 nitrogen and oxygen atoms in total. The molecule has 0 radical (unpaired) electrons. The van der Waals surface area contributed by atoms with E-state index in [1.165, 1.54) is 17.0 Å². The molecule has 0 saturated carbocycles. The lowest BCUT2D eigenvalue weighted by molar-refractivity contribution is -0.121. The molecule has 0 aliphatic heterocycles. The summed E-state index contributed by atoms with van der Waals surface area (Å²) in [4.78, 5) is 25.4. The number of aliphatic hydroxyl groups excluding tert-OH is 1. The van der Waals surface area contributed by atoms with Crippen LogP contribution in [0.4, 0.5) is 5.69 Å². The minimum atomic E-state index is -0.641. The standard InChI is InChI=1S/C18H16N2O4/c19-10-11-20(16-4-2-1-3-5-16)17(22)13-24-18(23)15-8-6-14(12-21)7-9-15/h1-9,21H,11-13H2. The van der Waals surface area contributed by atoms with Crippen molar-refractivity contribution >= 4 is 17.6 Å². The van der Waals surface area contributed by atoms with Gasteiger partial charge < -0.3 is 9.84 Å². The zero-order valence-corrected chi connectivity index (χ0v) is 12.9. The van der Waals surface area contributed by atoms with E-state index in [-0.39, 0.29) is 18.7 Å². The van der Waals surface area contributed by atoms with Crippen LogP contribution >= 0.6 is 0 Å². The molecule has 0 aromatic heterocycles. The Balaban J connectivity index is 1.99. The zero-order valence-electron chi connectivity index (χ0n) is 12.9. The van der Waals surface area contributed by atoms with Crippen LogP contribution in [0, 0.1) is 11.3 Å². The van der Waals surface area contributed by atoms with Gasteiger partial charge in [-0.25, -0.2) is 4.79 Å². The maximum Gasteiger partial charge on any atom is 0.338 e. The summed E-state index contributed by atoms with van der Waals surface area (Å²) in [7, 11) is 0. The first kappa shape index (κ1) is 17.2. The first-order valence-corrected chi connectivity index (χ1v) is 7.25. The van der Waals surface area contributed by atoms with Gasteiger partial charge in [-0.2, -0.15) is 5.26 Å². The number of carbonyl (C=O) groups excluding carboxylic acids is 2. The van der Waals surface area contributed by atoms with Crippen molar-refractivity contribution in [2.45, 2.75) is 6.61 Å². The Morgan fingerprint density at radius 2 is 1.75 bits per heavy atom. The summed E-state index contributed by atoms with van der Waals surface area (Å²) in [5, 5.41) is 17.8. The second-order valence-corrected chi connectivity index (χ2v) is 4.90. The maximum absolute atomic E-state index is 12.2. The molecule has 2 aromatic rings. The number of nitrogens with zero attached hydrogens (tertiary/aromatic N) is 2. The first-order valence-electron chi connectivity index (χ1n) is 7.25. The van der Waals surface area contributed by atoms with Crippen LogP contribution in [0.5, 0.6) is 0 Å². The molecule has 0 aliphatic carbocycles. The summed E-state index contributed by atoms with van der Waals surface area (Å²) in [6.07, 6.45) is 0. The molecule has 0 fully saturated rings. The van der Waals surface area contributed by atoms with Gasteiger partial charge in [-0.3, -0.25) is 9.69 Å². The van der Waals surface area contributed by atoms with Gasteiger partial charge in [0, 0.05) is 5.69 Å². The van der Waals surface area contributed by atoms with Crippen molar-refractivity contribution < 1.29 is 19.4 Å². The third-order valence-electron chi connectivity index (χ3n) is 3.30. The van der Waals surface area contributed by atoms with Gasteiger partial charge in [0.25, 0.3) is 5.91 Å². The van der Waals surface area contributed by atoms with Crippen molar-refractivity contribution in [2.75, 3.05) is 18.1 Å². The quantitative estimate of drug-likeness (QED) is 0.647. The highest BCUT2D eigenvalue weighted by Crippen LogP contribution is 2.13. The number of amides is 1. The van der Waals surface area contributed by atoms with E-state index < -0.39 is 18.5 Å². The average Bonchev–Trinajstić information content (AvgIpc) is 2.64. The molecule has 0 atom stereocenters. The Morgan fingerprint density at radius 1 is 1.08 bits per heavy atom. The van der Waals surface area contributed by atoms with Gasteiger partial charge in [-0.05, 0) is 29.8 Å². The molecule has 0 bridgehead atoms. The van der Waals surface area contributed by atoms with Gasteiger partial charge in [0.1, 0.15) is 6.54 Å². The van der Waals surface area contributed by atoms with Gasteiger partial charge in [0.2, 0.25) is 0 Å². The van der Waals surface area contributed by atoms with Gasteiger partial charge in [-0.15, -0.1) is 0 Å². The molecule has 2 rings (SSSR count). The summed E-state index contributed by atoms with van der Waals surface area (Å²) >= 11 is 0. The first-order chi connectivity index (χ1) is 11.7. The summed E-state index contributed by atoms with van der Waals surface area (Å²) < 4.78 is 5.01. The lowest BCUT2D eigenvalue weighted by Gasteiger charge is -2.19. The Hall–Kier alpha value is -3.17. The summed E-state index contributed by atoms with van der Waals surface area (Å²) in [6, 6.07) is 16.9. The normalized spacial score (nSPS) is 9.83. The van der Waals surface area contributed by atoms with E-state index in [0.29, 0.717) is 11.3 Å². The fourth-order valence-electron chi connectivity index (χ4n) is 2.04. The number of hydrogen-bond acceptors (Lipinski definition) is 5. The number of esters is 1. The average molecular weight is 324 g/mol. The predicted molar refractivity (Wildman–Crippen MR) is 87.1 cm³/mol. The molecule has 2 aromatic carbocycles. The number of para-hydroxylation sites is 1. The van der Waals surface area contributed by atoms with E-state index in [1.54, 1.807) is 42.5 Å². The van der Waals surface area contributed by atoms with Gasteiger partial charge in [0.05, 0.1) is 18.2 Å². The lowest BCUT2D eigenvalue weighted by atomic mass is 10.1. The van der Waals surface area contributed by atoms with Crippen molar-refractivity contribution in [3.05, 3.63) is 65.7 Å². The minimum Gasteiger partial charge on any atom is -0.452 e. The second kappa shape index (κ2) is 8.46. The molecule has 0 spiro atoms. The highest BCUT2D eigenvalue weighted by Gasteiger charge is 2.17. The summed E-state index contributed by atoms with van der Waals surface area (Å²) in [6.45, 7) is -0.712. The molecular formula is C18H16N2O4. The minimum absolute atomic E-state index is 0.117. The van der Waals surface area contributed by atoms with Crippen LogP contribution in [0.1, 0.15) is 15.9 Å². The van der Waals surface area contributed by atoms with E-state index in [0.717, 1.165) is 0 Å². The van der Waals surface area contributed by atoms with E-state index in [9.17, 15) is 9.59 Å². The van der Waals surface area contributed by atoms with Gasteiger partial charge >= 0.3 is 5.97 Å². The maximum atomic E-state index is 12.2. The number of rotatable bonds is 6. The molecule has 6 heteroatoms. The Morgan fingerprint density at radius 3 is 2.33 bits per heavy atom. The van der Waals surface area contributed by atoms with Crippen molar-refractivity contribution in [1.82, 2.24) is 0 Å². The Labute approximate surface area is 139 Å². The monoisotopic (exact) mass is 324 g/mol. The number of nitriles is 1. The molecular weight excluding hydrogens is 308 g/mol. The molecule has 0 heterocycles. The number of ether oxygens (including phenoxy) is 1. The largest absolute Gasteiger partial charge is 0.452 e. The summed E-state index contributed by atoms with van der Waals surface area (Å²) in [5.41, 5.74) is 1.52. The topological polar surface area (TPSA) is 90.6 Å². The Bertz CT molecular complexity index is 736. The third kappa shape index (κ3) is 4.41. The van der Waals surface area contributed by atoms with Crippen LogP contribution in [0.3, 0.4) is 0 Å². The van der Waals surface area contributed by atoms with E-state index in [4.69, 9.17) is 15.1 Å². The van der Waals surface area contributed by atoms with Crippen molar-refractivity contribution in [1.29, 1.82) is 5.26 Å². The molecule has 0 aliphatic rings. The van der Waals surface area contributed by atoms with Crippen LogP contribution in [-0.4, -0.2) is 30.1 Å². The predicted octanol–water partition coefficient (Wildman–Crippen LogP) is 1.89. The number of benzene rings is 2. The van der Waals surface area contributed by atoms with Crippen LogP contribution in [-0.2, 0) is 16.1 Å². The number of carbonyl (C=O) groups is 2. The lowest BCUT2D eigenvalue weighted by Crippen LogP contribution is -2.35. The molecule has 122 valence electrons. The SMILES string of the molecule is N#CCN(C(=O)COC(=O)c1ccc(CO)cc1)c1ccccc1. The molecule has 1 amide bonds. The van der Waals surface area contributed by atoms with Crippen molar-refractivity contribution in [3.8, 4) is 6.07 Å². The van der Waals surface area contributed by atoms with Crippen LogP contribution in [0.15, 0.2) is 54.6 Å². The molecule has 24 heavy (non-hydrogen) atoms. The fraction of sp³-hybridized carbons (Fsp3) is 0.167. The molecule has 1 N–H and O–H groups in total. The van der Waals surface area contributed by atoms with Crippen molar-refractivity contribution in [3.63, 3.8) is 0 Å². The number of hydrogen-bond donors (Lipinski definition) is 1. The molecule has 0 unspecified atom stereocenters. The van der Waals surface area contributed by atoms with E-state index in [1.807, 2.05) is 6.07 Å². The van der Waals surface area contributed by atoms with Gasteiger partial charge in [0.15, 0.2) is 6.61 Å². The van der Waals surface area contributed by atoms with Crippen LogP contribution in [0.25, 0.3) is 0 Å². The zero-order chi connectivity index (χ0) is 17.4. The highest BCUT2D eigenvalue weighted by molar-refractivity contribution is 5.97. The van der Waals surface area contributed by atoms with E-state index in [2.05, 4.69) is 0 Å². The smallest absolute Gasteiger partial charge is 0.338 e. The van der Waals surface area contributed by atoms with Crippen LogP contribution in [0.2, 0.25) is 0 Å². The summed E-state index contributed by atoms with van der Waals surface area (Å²) in [5.74, 6) is -1.12. The second-order valence-electron chi connectivity index (χ2n) is 4.90. The number of aliphatic hydroxyl groups is 1. The fourth-order valence-corrected chi connectivity index (χ4v) is 2.04. The van der Waals surface area contributed by atoms with E-state index >= 15 is 0 Å². The van der Waals surface area contributed by atoms with Gasteiger partial charge in [-0.1, -0.05) is 30.3 Å². The Kier molecular flexibility index (Phi) is 6.06. The van der Waals surface area contributed by atoms with Crippen LogP contribution < -0.4 is 4.90 Å².